The van der Waals surface area contributed by atoms with Crippen LogP contribution in [0.5, 0.6) is 17.2 Å². The van der Waals surface area contributed by atoms with Crippen LogP contribution in [0.2, 0.25) is 4.34 Å². The lowest BCUT2D eigenvalue weighted by molar-refractivity contribution is -0.132. The third-order valence-electron chi connectivity index (χ3n) is 5.44. The summed E-state index contributed by atoms with van der Waals surface area (Å²) in [5.74, 6) is -0.665. The second-order valence-electron chi connectivity index (χ2n) is 7.80. The van der Waals surface area contributed by atoms with E-state index < -0.39 is 11.9 Å². The number of hydrogen-bond acceptors (Lipinski definition) is 7. The van der Waals surface area contributed by atoms with Crippen molar-refractivity contribution in [3.8, 4) is 27.8 Å². The summed E-state index contributed by atoms with van der Waals surface area (Å²) in [6, 6.07) is 6.47. The molecular weight excluding hydrogens is 496 g/mol. The van der Waals surface area contributed by atoms with E-state index in [1.165, 1.54) is 19.3 Å². The Morgan fingerprint density at radius 2 is 1.97 bits per heavy atom. The lowest BCUT2D eigenvalue weighted by Crippen LogP contribution is -2.06. The second kappa shape index (κ2) is 10.4. The van der Waals surface area contributed by atoms with Crippen LogP contribution in [0.25, 0.3) is 16.6 Å². The number of methoxy groups -OCH3 is 1. The Hall–Kier alpha value is -3.50. The Labute approximate surface area is 210 Å². The maximum absolute atomic E-state index is 12.1. The van der Waals surface area contributed by atoms with Crippen LogP contribution < -0.4 is 14.2 Å². The molecule has 0 spiro atoms. The first-order chi connectivity index (χ1) is 16.8. The summed E-state index contributed by atoms with van der Waals surface area (Å²) in [6.07, 6.45) is 3.26. The van der Waals surface area contributed by atoms with Crippen LogP contribution in [-0.2, 0) is 17.8 Å². The van der Waals surface area contributed by atoms with E-state index in [9.17, 15) is 19.8 Å². The van der Waals surface area contributed by atoms with Gasteiger partial charge in [0, 0.05) is 30.2 Å². The van der Waals surface area contributed by atoms with Crippen molar-refractivity contribution < 1.29 is 34.0 Å². The molecule has 11 heteroatoms. The van der Waals surface area contributed by atoms with Gasteiger partial charge in [-0.2, -0.15) is 5.10 Å². The summed E-state index contributed by atoms with van der Waals surface area (Å²) in [4.78, 5) is 24.4. The highest BCUT2D eigenvalue weighted by molar-refractivity contribution is 7.19. The van der Waals surface area contributed by atoms with Gasteiger partial charge in [-0.3, -0.25) is 4.68 Å². The van der Waals surface area contributed by atoms with Gasteiger partial charge in [-0.15, -0.1) is 11.3 Å². The number of thiophene rings is 1. The van der Waals surface area contributed by atoms with E-state index in [2.05, 4.69) is 5.10 Å². The molecule has 1 aliphatic heterocycles. The predicted molar refractivity (Wildman–Crippen MR) is 131 cm³/mol. The first kappa shape index (κ1) is 24.6. The summed E-state index contributed by atoms with van der Waals surface area (Å²) in [6.45, 7) is 2.68. The van der Waals surface area contributed by atoms with Gasteiger partial charge in [-0.05, 0) is 30.7 Å². The number of nitrogens with zero attached hydrogens (tertiary/aromatic N) is 2. The number of carbonyl (C=O) groups is 2. The van der Waals surface area contributed by atoms with Crippen LogP contribution >= 0.6 is 22.9 Å². The molecule has 2 aromatic heterocycles. The molecule has 0 amide bonds. The molecule has 35 heavy (non-hydrogen) atoms. The molecule has 1 aliphatic rings. The minimum atomic E-state index is -1.11. The number of rotatable bonds is 10. The fourth-order valence-electron chi connectivity index (χ4n) is 3.74. The number of ether oxygens (including phenoxy) is 3. The molecule has 0 aliphatic carbocycles. The Morgan fingerprint density at radius 1 is 1.23 bits per heavy atom. The van der Waals surface area contributed by atoms with Crippen molar-refractivity contribution in [3.63, 3.8) is 0 Å². The number of aliphatic carboxylic acids is 1. The summed E-state index contributed by atoms with van der Waals surface area (Å²) in [5.41, 5.74) is 1.75. The molecule has 4 rings (SSSR count). The first-order valence-electron chi connectivity index (χ1n) is 10.8. The van der Waals surface area contributed by atoms with Gasteiger partial charge in [-0.1, -0.05) is 24.9 Å². The van der Waals surface area contributed by atoms with Gasteiger partial charge in [0.25, 0.3) is 0 Å². The molecule has 1 aromatic carbocycles. The molecule has 0 saturated carbocycles. The average molecular weight is 519 g/mol. The van der Waals surface area contributed by atoms with Gasteiger partial charge in [0.1, 0.15) is 5.75 Å². The molecule has 0 fully saturated rings. The lowest BCUT2D eigenvalue weighted by Gasteiger charge is -2.10. The van der Waals surface area contributed by atoms with Crippen molar-refractivity contribution >= 4 is 41.0 Å². The van der Waals surface area contributed by atoms with Gasteiger partial charge in [0.15, 0.2) is 11.5 Å². The van der Waals surface area contributed by atoms with Crippen LogP contribution in [0.4, 0.5) is 0 Å². The standard InChI is InChI=1S/C24H23ClN2O7S/c1-3-4-5-27-17(22-16(24(30)31)10-21(25)35-22)9-15(26-27)7-14(23(28)29)6-13-8-19-20(34-12-33-19)11-18(13)32-2/h7-11H,3-6,12H2,1-2H3,(H,28,29)(H,30,31). The van der Waals surface area contributed by atoms with Gasteiger partial charge in [-0.25, -0.2) is 9.59 Å². The molecule has 0 atom stereocenters. The number of carboxylic acids is 2. The highest BCUT2D eigenvalue weighted by Crippen LogP contribution is 2.39. The Kier molecular flexibility index (Phi) is 7.32. The molecule has 3 aromatic rings. The number of fused-ring (bicyclic) bond motifs is 1. The summed E-state index contributed by atoms with van der Waals surface area (Å²) in [7, 11) is 1.50. The van der Waals surface area contributed by atoms with Crippen LogP contribution in [0, 0.1) is 0 Å². The van der Waals surface area contributed by atoms with Gasteiger partial charge < -0.3 is 24.4 Å². The predicted octanol–water partition coefficient (Wildman–Crippen LogP) is 5.21. The van der Waals surface area contributed by atoms with E-state index in [1.54, 1.807) is 22.9 Å². The first-order valence-corrected chi connectivity index (χ1v) is 12.0. The number of carboxylic acid groups (broad SMARTS) is 2. The van der Waals surface area contributed by atoms with Crippen LogP contribution in [0.3, 0.4) is 0 Å². The smallest absolute Gasteiger partial charge is 0.337 e. The zero-order valence-corrected chi connectivity index (χ0v) is 20.6. The highest BCUT2D eigenvalue weighted by atomic mass is 35.5. The fraction of sp³-hybridized carbons (Fsp3) is 0.292. The fourth-order valence-corrected chi connectivity index (χ4v) is 4.98. The SMILES string of the molecule is CCCCn1nc(C=C(Cc2cc3c(cc2OC)OCO3)C(=O)O)cc1-c1sc(Cl)cc1C(=O)O. The largest absolute Gasteiger partial charge is 0.496 e. The molecule has 0 saturated heterocycles. The van der Waals surface area contributed by atoms with Crippen LogP contribution in [-0.4, -0.2) is 45.8 Å². The maximum Gasteiger partial charge on any atom is 0.337 e. The van der Waals surface area contributed by atoms with Crippen molar-refractivity contribution in [3.05, 3.63) is 51.0 Å². The zero-order chi connectivity index (χ0) is 25.1. The average Bonchev–Trinajstić information content (AvgIpc) is 3.54. The minimum Gasteiger partial charge on any atom is -0.496 e. The van der Waals surface area contributed by atoms with E-state index in [0.29, 0.717) is 50.0 Å². The summed E-state index contributed by atoms with van der Waals surface area (Å²) >= 11 is 7.26. The number of aromatic carboxylic acids is 1. The number of hydrogen-bond donors (Lipinski definition) is 2. The number of aromatic nitrogens is 2. The van der Waals surface area contributed by atoms with E-state index >= 15 is 0 Å². The number of halogens is 1. The van der Waals surface area contributed by atoms with Crippen molar-refractivity contribution in [2.75, 3.05) is 13.9 Å². The minimum absolute atomic E-state index is 0.0531. The number of benzene rings is 1. The Morgan fingerprint density at radius 3 is 2.63 bits per heavy atom. The monoisotopic (exact) mass is 518 g/mol. The Balaban J connectivity index is 1.74. The Bertz CT molecular complexity index is 1310. The third kappa shape index (κ3) is 5.28. The van der Waals surface area contributed by atoms with Gasteiger partial charge in [0.05, 0.1) is 33.3 Å². The second-order valence-corrected chi connectivity index (χ2v) is 9.48. The van der Waals surface area contributed by atoms with E-state index in [-0.39, 0.29) is 24.4 Å². The van der Waals surface area contributed by atoms with Crippen LogP contribution in [0.1, 0.15) is 41.4 Å². The third-order valence-corrected chi connectivity index (χ3v) is 6.73. The lowest BCUT2D eigenvalue weighted by atomic mass is 10.0. The van der Waals surface area contributed by atoms with Crippen molar-refractivity contribution in [2.24, 2.45) is 0 Å². The number of aryl methyl sites for hydroxylation is 1. The molecular formula is C24H23ClN2O7S. The molecule has 3 heterocycles. The van der Waals surface area contributed by atoms with Crippen molar-refractivity contribution in [1.29, 1.82) is 0 Å². The number of unbranched alkanes of at least 4 members (excludes halogenated alkanes) is 1. The van der Waals surface area contributed by atoms with E-state index in [4.69, 9.17) is 25.8 Å². The summed E-state index contributed by atoms with van der Waals surface area (Å²) in [5, 5.41) is 24.1. The quantitative estimate of drug-likeness (QED) is 0.351. The van der Waals surface area contributed by atoms with Crippen molar-refractivity contribution in [1.82, 2.24) is 9.78 Å². The molecule has 9 nitrogen and oxygen atoms in total. The molecule has 184 valence electrons. The normalized spacial score (nSPS) is 12.7. The maximum atomic E-state index is 12.1. The van der Waals surface area contributed by atoms with E-state index in [0.717, 1.165) is 24.2 Å². The zero-order valence-electron chi connectivity index (χ0n) is 19.0. The topological polar surface area (TPSA) is 120 Å². The van der Waals surface area contributed by atoms with Gasteiger partial charge in [0.2, 0.25) is 6.79 Å². The van der Waals surface area contributed by atoms with Crippen LogP contribution in [0.15, 0.2) is 29.8 Å². The molecule has 0 bridgehead atoms. The van der Waals surface area contributed by atoms with Gasteiger partial charge >= 0.3 is 11.9 Å². The molecule has 0 radical (unpaired) electrons. The van der Waals surface area contributed by atoms with E-state index in [1.807, 2.05) is 6.92 Å². The molecule has 2 N–H and O–H groups in total. The molecule has 0 unspecified atom stereocenters. The highest BCUT2D eigenvalue weighted by Gasteiger charge is 2.23. The summed E-state index contributed by atoms with van der Waals surface area (Å²) < 4.78 is 18.3. The van der Waals surface area contributed by atoms with Crippen molar-refractivity contribution in [2.45, 2.75) is 32.7 Å².